The molecule has 1 atom stereocenters. The van der Waals surface area contributed by atoms with Gasteiger partial charge in [-0.2, -0.15) is 0 Å². The van der Waals surface area contributed by atoms with E-state index < -0.39 is 0 Å². The van der Waals surface area contributed by atoms with E-state index in [1.54, 1.807) is 17.0 Å². The first-order valence-corrected chi connectivity index (χ1v) is 5.69. The van der Waals surface area contributed by atoms with Crippen molar-refractivity contribution in [2.45, 2.75) is 6.42 Å². The fraction of sp³-hybridized carbons (Fsp3) is 0.455. The second-order valence-corrected chi connectivity index (χ2v) is 4.44. The van der Waals surface area contributed by atoms with E-state index in [1.807, 2.05) is 0 Å². The lowest BCUT2D eigenvalue weighted by atomic mass is 10.1. The fourth-order valence-electron chi connectivity index (χ4n) is 1.87. The highest BCUT2D eigenvalue weighted by Gasteiger charge is 2.26. The minimum Gasteiger partial charge on any atom is -0.337 e. The molecule has 1 aromatic rings. The van der Waals surface area contributed by atoms with Crippen molar-refractivity contribution in [3.63, 3.8) is 0 Å². The van der Waals surface area contributed by atoms with Gasteiger partial charge in [-0.05, 0) is 31.0 Å². The molecule has 2 N–H and O–H groups in total. The van der Waals surface area contributed by atoms with E-state index in [9.17, 15) is 4.79 Å². The summed E-state index contributed by atoms with van der Waals surface area (Å²) in [6.45, 7) is 2.14. The molecule has 2 heterocycles. The largest absolute Gasteiger partial charge is 0.337 e. The lowest BCUT2D eigenvalue weighted by Crippen LogP contribution is -2.30. The van der Waals surface area contributed by atoms with Gasteiger partial charge in [-0.1, -0.05) is 11.6 Å². The molecule has 5 heteroatoms. The predicted molar refractivity (Wildman–Crippen MR) is 62.3 cm³/mol. The van der Waals surface area contributed by atoms with Crippen molar-refractivity contribution >= 4 is 17.5 Å². The van der Waals surface area contributed by atoms with E-state index in [2.05, 4.69) is 4.98 Å². The van der Waals surface area contributed by atoms with Crippen molar-refractivity contribution in [3.05, 3.63) is 29.0 Å². The SMILES string of the molecule is NCC1CCN(C(=O)c2ccc(Cl)cn2)C1. The highest BCUT2D eigenvalue weighted by molar-refractivity contribution is 6.30. The predicted octanol–water partition coefficient (Wildman–Crippen LogP) is 1.16. The molecular weight excluding hydrogens is 226 g/mol. The Morgan fingerprint density at radius 3 is 3.00 bits per heavy atom. The molecule has 1 aliphatic rings. The number of nitrogens with zero attached hydrogens (tertiary/aromatic N) is 2. The first kappa shape index (κ1) is 11.4. The van der Waals surface area contributed by atoms with Crippen LogP contribution in [0.25, 0.3) is 0 Å². The van der Waals surface area contributed by atoms with Gasteiger partial charge in [0, 0.05) is 19.3 Å². The van der Waals surface area contributed by atoms with Crippen LogP contribution < -0.4 is 5.73 Å². The lowest BCUT2D eigenvalue weighted by molar-refractivity contribution is 0.0782. The van der Waals surface area contributed by atoms with Gasteiger partial charge >= 0.3 is 0 Å². The molecule has 16 heavy (non-hydrogen) atoms. The molecule has 0 radical (unpaired) electrons. The number of carbonyl (C=O) groups excluding carboxylic acids is 1. The number of aromatic nitrogens is 1. The summed E-state index contributed by atoms with van der Waals surface area (Å²) in [5, 5.41) is 0.540. The summed E-state index contributed by atoms with van der Waals surface area (Å²) < 4.78 is 0. The maximum atomic E-state index is 12.0. The Labute approximate surface area is 99.4 Å². The Morgan fingerprint density at radius 2 is 2.44 bits per heavy atom. The van der Waals surface area contributed by atoms with Gasteiger partial charge in [0.15, 0.2) is 0 Å². The van der Waals surface area contributed by atoms with Crippen molar-refractivity contribution in [2.75, 3.05) is 19.6 Å². The maximum absolute atomic E-state index is 12.0. The standard InChI is InChI=1S/C11H14ClN3O/c12-9-1-2-10(14-6-9)11(16)15-4-3-8(5-13)7-15/h1-2,6,8H,3-5,7,13H2. The van der Waals surface area contributed by atoms with Gasteiger partial charge in [-0.15, -0.1) is 0 Å². The van der Waals surface area contributed by atoms with Crippen LogP contribution in [0, 0.1) is 5.92 Å². The molecule has 86 valence electrons. The molecule has 0 spiro atoms. The van der Waals surface area contributed by atoms with Gasteiger partial charge in [-0.3, -0.25) is 4.79 Å². The average molecular weight is 240 g/mol. The molecule has 1 saturated heterocycles. The van der Waals surface area contributed by atoms with Crippen molar-refractivity contribution < 1.29 is 4.79 Å². The van der Waals surface area contributed by atoms with E-state index in [4.69, 9.17) is 17.3 Å². The number of nitrogens with two attached hydrogens (primary N) is 1. The molecule has 1 amide bonds. The first-order chi connectivity index (χ1) is 7.70. The first-order valence-electron chi connectivity index (χ1n) is 5.31. The van der Waals surface area contributed by atoms with Gasteiger partial charge in [0.2, 0.25) is 0 Å². The van der Waals surface area contributed by atoms with Gasteiger partial charge in [0.05, 0.1) is 5.02 Å². The van der Waals surface area contributed by atoms with E-state index in [1.165, 1.54) is 6.20 Å². The monoisotopic (exact) mass is 239 g/mol. The molecule has 0 aliphatic carbocycles. The van der Waals surface area contributed by atoms with Gasteiger partial charge in [0.1, 0.15) is 5.69 Å². The number of amides is 1. The number of carbonyl (C=O) groups is 1. The quantitative estimate of drug-likeness (QED) is 0.843. The van der Waals surface area contributed by atoms with E-state index in [0.29, 0.717) is 23.2 Å². The van der Waals surface area contributed by atoms with Crippen LogP contribution in [0.1, 0.15) is 16.9 Å². The summed E-state index contributed by atoms with van der Waals surface area (Å²) in [5.41, 5.74) is 6.03. The lowest BCUT2D eigenvalue weighted by Gasteiger charge is -2.15. The average Bonchev–Trinajstić information content (AvgIpc) is 2.77. The zero-order chi connectivity index (χ0) is 11.5. The zero-order valence-electron chi connectivity index (χ0n) is 8.90. The topological polar surface area (TPSA) is 59.2 Å². The Hall–Kier alpha value is -1.13. The maximum Gasteiger partial charge on any atom is 0.272 e. The minimum absolute atomic E-state index is 0.0346. The van der Waals surface area contributed by atoms with Crippen molar-refractivity contribution in [3.8, 4) is 0 Å². The van der Waals surface area contributed by atoms with Crippen LogP contribution in [0.4, 0.5) is 0 Å². The van der Waals surface area contributed by atoms with Crippen LogP contribution in [-0.2, 0) is 0 Å². The highest BCUT2D eigenvalue weighted by atomic mass is 35.5. The smallest absolute Gasteiger partial charge is 0.272 e. The number of pyridine rings is 1. The number of likely N-dealkylation sites (tertiary alicyclic amines) is 1. The zero-order valence-corrected chi connectivity index (χ0v) is 9.65. The molecule has 1 aromatic heterocycles. The third kappa shape index (κ3) is 2.33. The molecule has 1 unspecified atom stereocenters. The molecular formula is C11H14ClN3O. The summed E-state index contributed by atoms with van der Waals surface area (Å²) in [5.74, 6) is 0.392. The van der Waals surface area contributed by atoms with E-state index in [-0.39, 0.29) is 5.91 Å². The third-order valence-corrected chi connectivity index (χ3v) is 3.08. The molecule has 4 nitrogen and oxygen atoms in total. The normalized spacial score (nSPS) is 20.1. The van der Waals surface area contributed by atoms with Gasteiger partial charge in [-0.25, -0.2) is 4.98 Å². The van der Waals surface area contributed by atoms with E-state index in [0.717, 1.165) is 19.5 Å². The molecule has 0 aromatic carbocycles. The minimum atomic E-state index is -0.0346. The summed E-state index contributed by atoms with van der Waals surface area (Å²) in [6.07, 6.45) is 2.47. The summed E-state index contributed by atoms with van der Waals surface area (Å²) in [6, 6.07) is 3.33. The Balaban J connectivity index is 2.05. The van der Waals surface area contributed by atoms with Crippen molar-refractivity contribution in [2.24, 2.45) is 11.7 Å². The Kier molecular flexibility index (Phi) is 3.41. The van der Waals surface area contributed by atoms with E-state index >= 15 is 0 Å². The van der Waals surface area contributed by atoms with Gasteiger partial charge < -0.3 is 10.6 Å². The number of hydrogen-bond acceptors (Lipinski definition) is 3. The summed E-state index contributed by atoms with van der Waals surface area (Å²) in [4.78, 5) is 17.8. The van der Waals surface area contributed by atoms with Crippen molar-refractivity contribution in [1.29, 1.82) is 0 Å². The Morgan fingerprint density at radius 1 is 1.62 bits per heavy atom. The number of rotatable bonds is 2. The molecule has 1 fully saturated rings. The molecule has 0 saturated carbocycles. The van der Waals surface area contributed by atoms with Crippen LogP contribution in [-0.4, -0.2) is 35.4 Å². The molecule has 2 rings (SSSR count). The Bertz CT molecular complexity index is 379. The fourth-order valence-corrected chi connectivity index (χ4v) is 1.99. The van der Waals surface area contributed by atoms with Crippen LogP contribution in [0.5, 0.6) is 0 Å². The van der Waals surface area contributed by atoms with Crippen LogP contribution in [0.15, 0.2) is 18.3 Å². The third-order valence-electron chi connectivity index (χ3n) is 2.85. The van der Waals surface area contributed by atoms with Crippen LogP contribution in [0.3, 0.4) is 0 Å². The second kappa shape index (κ2) is 4.80. The summed E-state index contributed by atoms with van der Waals surface area (Å²) >= 11 is 5.72. The van der Waals surface area contributed by atoms with Crippen LogP contribution >= 0.6 is 11.6 Å². The van der Waals surface area contributed by atoms with Gasteiger partial charge in [0.25, 0.3) is 5.91 Å². The highest BCUT2D eigenvalue weighted by Crippen LogP contribution is 2.17. The number of halogens is 1. The molecule has 0 bridgehead atoms. The molecule has 1 aliphatic heterocycles. The van der Waals surface area contributed by atoms with Crippen LogP contribution in [0.2, 0.25) is 5.02 Å². The number of hydrogen-bond donors (Lipinski definition) is 1. The second-order valence-electron chi connectivity index (χ2n) is 4.00. The summed E-state index contributed by atoms with van der Waals surface area (Å²) in [7, 11) is 0. The van der Waals surface area contributed by atoms with Crippen molar-refractivity contribution in [1.82, 2.24) is 9.88 Å².